The van der Waals surface area contributed by atoms with Crippen molar-refractivity contribution in [3.8, 4) is 0 Å². The summed E-state index contributed by atoms with van der Waals surface area (Å²) in [6.45, 7) is 3.56. The lowest BCUT2D eigenvalue weighted by atomic mass is 10.0. The van der Waals surface area contributed by atoms with Crippen LogP contribution in [0.2, 0.25) is 0 Å². The average molecular weight is 420 g/mol. The lowest BCUT2D eigenvalue weighted by Crippen LogP contribution is -2.49. The van der Waals surface area contributed by atoms with Crippen LogP contribution in [0.5, 0.6) is 0 Å². The van der Waals surface area contributed by atoms with Gasteiger partial charge in [0.2, 0.25) is 0 Å². The number of hydrogen-bond acceptors (Lipinski definition) is 2. The number of hydrogen-bond donors (Lipinski definition) is 1. The van der Waals surface area contributed by atoms with E-state index in [1.807, 2.05) is 18.2 Å². The second kappa shape index (κ2) is 16.3. The van der Waals surface area contributed by atoms with Crippen LogP contribution >= 0.6 is 0 Å². The first-order valence-electron chi connectivity index (χ1n) is 12.3. The van der Waals surface area contributed by atoms with Gasteiger partial charge in [0.1, 0.15) is 0 Å². The van der Waals surface area contributed by atoms with Crippen LogP contribution in [0.4, 0.5) is 0 Å². The molecule has 0 spiro atoms. The van der Waals surface area contributed by atoms with E-state index < -0.39 is 0 Å². The zero-order chi connectivity index (χ0) is 22.1. The molecule has 1 rings (SSSR count). The Bertz CT molecular complexity index is 545. The van der Waals surface area contributed by atoms with Gasteiger partial charge in [0.15, 0.2) is 6.67 Å². The van der Waals surface area contributed by atoms with Crippen molar-refractivity contribution in [1.82, 2.24) is 5.06 Å². The third-order valence-corrected chi connectivity index (χ3v) is 5.89. The quantitative estimate of drug-likeness (QED) is 0.0912. The van der Waals surface area contributed by atoms with Crippen LogP contribution < -0.4 is 0 Å². The Labute approximate surface area is 185 Å². The number of nitrogens with zero attached hydrogens (tertiary/aromatic N) is 2. The van der Waals surface area contributed by atoms with E-state index in [2.05, 4.69) is 21.0 Å². The summed E-state index contributed by atoms with van der Waals surface area (Å²) in [5.74, 6) is -0.331. The predicted molar refractivity (Wildman–Crippen MR) is 127 cm³/mol. The van der Waals surface area contributed by atoms with Crippen LogP contribution in [0.3, 0.4) is 0 Å². The van der Waals surface area contributed by atoms with Gasteiger partial charge in [0.25, 0.3) is 5.91 Å². The first-order valence-corrected chi connectivity index (χ1v) is 12.3. The topological polar surface area (TPSA) is 40.5 Å². The minimum Gasteiger partial charge on any atom is -0.310 e. The Morgan fingerprint density at radius 2 is 1.20 bits per heavy atom. The molecule has 0 unspecified atom stereocenters. The number of amides is 1. The molecule has 4 heteroatoms. The fourth-order valence-corrected chi connectivity index (χ4v) is 3.96. The minimum absolute atomic E-state index is 0.312. The lowest BCUT2D eigenvalue weighted by molar-refractivity contribution is -0.903. The highest BCUT2D eigenvalue weighted by Gasteiger charge is 2.23. The third kappa shape index (κ3) is 13.0. The predicted octanol–water partition coefficient (Wildman–Crippen LogP) is 7.03. The zero-order valence-corrected chi connectivity index (χ0v) is 20.0. The fourth-order valence-electron chi connectivity index (χ4n) is 3.96. The van der Waals surface area contributed by atoms with Gasteiger partial charge in [-0.05, 0) is 25.0 Å². The first kappa shape index (κ1) is 26.6. The van der Waals surface area contributed by atoms with E-state index >= 15 is 0 Å². The minimum atomic E-state index is -0.331. The molecule has 0 heterocycles. The van der Waals surface area contributed by atoms with E-state index in [0.717, 1.165) is 18.0 Å². The van der Waals surface area contributed by atoms with Gasteiger partial charge < -0.3 is 4.48 Å². The maximum atomic E-state index is 12.3. The summed E-state index contributed by atoms with van der Waals surface area (Å²) in [5.41, 5.74) is 0.525. The van der Waals surface area contributed by atoms with E-state index in [0.29, 0.717) is 16.7 Å². The molecule has 1 N–H and O–H groups in total. The molecule has 0 bridgehead atoms. The Hall–Kier alpha value is -1.39. The van der Waals surface area contributed by atoms with Crippen LogP contribution in [0.25, 0.3) is 0 Å². The molecule has 0 saturated carbocycles. The summed E-state index contributed by atoms with van der Waals surface area (Å²) >= 11 is 0. The summed E-state index contributed by atoms with van der Waals surface area (Å²) in [5, 5.41) is 11.1. The number of unbranched alkanes of at least 4 members (excludes halogenated alkanes) is 13. The van der Waals surface area contributed by atoms with E-state index in [4.69, 9.17) is 0 Å². The van der Waals surface area contributed by atoms with Crippen molar-refractivity contribution in [2.75, 3.05) is 27.3 Å². The largest absolute Gasteiger partial charge is 0.310 e. The fraction of sp³-hybridized carbons (Fsp3) is 0.731. The number of benzene rings is 1. The molecule has 172 valence electrons. The Kier molecular flexibility index (Phi) is 14.5. The highest BCUT2D eigenvalue weighted by atomic mass is 16.5. The van der Waals surface area contributed by atoms with Gasteiger partial charge in [-0.15, -0.1) is 0 Å². The van der Waals surface area contributed by atoms with Crippen molar-refractivity contribution >= 4 is 5.91 Å². The van der Waals surface area contributed by atoms with Gasteiger partial charge in [-0.25, -0.2) is 0 Å². The summed E-state index contributed by atoms with van der Waals surface area (Å²) < 4.78 is 0.618. The highest BCUT2D eigenvalue weighted by Crippen LogP contribution is 2.14. The zero-order valence-electron chi connectivity index (χ0n) is 20.0. The number of quaternary nitrogens is 1. The molecule has 0 atom stereocenters. The molecule has 1 aromatic rings. The SMILES string of the molecule is CCCCCCCCCCCCCCCC[N+](C)(C)CN(O)C(=O)c1ccccc1. The van der Waals surface area contributed by atoms with Gasteiger partial charge in [0, 0.05) is 5.56 Å². The second-order valence-corrected chi connectivity index (χ2v) is 9.47. The van der Waals surface area contributed by atoms with Crippen LogP contribution in [0, 0.1) is 0 Å². The molecule has 0 aliphatic heterocycles. The van der Waals surface area contributed by atoms with E-state index in [1.165, 1.54) is 83.5 Å². The van der Waals surface area contributed by atoms with Crippen LogP contribution in [0.1, 0.15) is 107 Å². The van der Waals surface area contributed by atoms with E-state index in [9.17, 15) is 10.0 Å². The molecule has 0 aromatic heterocycles. The monoisotopic (exact) mass is 419 g/mol. The number of hydroxylamine groups is 2. The van der Waals surface area contributed by atoms with Crippen molar-refractivity contribution < 1.29 is 14.5 Å². The van der Waals surface area contributed by atoms with Gasteiger partial charge >= 0.3 is 0 Å². The van der Waals surface area contributed by atoms with Crippen LogP contribution in [-0.4, -0.2) is 48.0 Å². The summed E-state index contributed by atoms with van der Waals surface area (Å²) in [6, 6.07) is 8.97. The van der Waals surface area contributed by atoms with E-state index in [-0.39, 0.29) is 5.91 Å². The summed E-state index contributed by atoms with van der Waals surface area (Å²) in [4.78, 5) is 12.3. The van der Waals surface area contributed by atoms with Crippen LogP contribution in [0.15, 0.2) is 30.3 Å². The van der Waals surface area contributed by atoms with E-state index in [1.54, 1.807) is 12.1 Å². The van der Waals surface area contributed by atoms with Crippen molar-refractivity contribution in [1.29, 1.82) is 0 Å². The molecule has 1 aromatic carbocycles. The van der Waals surface area contributed by atoms with Crippen LogP contribution in [-0.2, 0) is 0 Å². The number of carbonyl (C=O) groups is 1. The maximum absolute atomic E-state index is 12.3. The van der Waals surface area contributed by atoms with Gasteiger partial charge in [-0.1, -0.05) is 102 Å². The third-order valence-electron chi connectivity index (χ3n) is 5.89. The molecule has 30 heavy (non-hydrogen) atoms. The smallest absolute Gasteiger partial charge is 0.282 e. The maximum Gasteiger partial charge on any atom is 0.282 e. The van der Waals surface area contributed by atoms with Crippen molar-refractivity contribution in [3.63, 3.8) is 0 Å². The molecule has 0 aliphatic carbocycles. The lowest BCUT2D eigenvalue weighted by Gasteiger charge is -2.32. The van der Waals surface area contributed by atoms with Gasteiger partial charge in [0.05, 0.1) is 20.6 Å². The number of rotatable bonds is 18. The molecule has 0 fully saturated rings. The second-order valence-electron chi connectivity index (χ2n) is 9.47. The van der Waals surface area contributed by atoms with Crippen molar-refractivity contribution in [2.24, 2.45) is 0 Å². The molecular formula is C26H47N2O2+. The highest BCUT2D eigenvalue weighted by molar-refractivity contribution is 5.93. The molecule has 4 nitrogen and oxygen atoms in total. The molecule has 0 aliphatic rings. The Morgan fingerprint density at radius 3 is 1.67 bits per heavy atom. The Morgan fingerprint density at radius 1 is 0.767 bits per heavy atom. The molecular weight excluding hydrogens is 372 g/mol. The summed E-state index contributed by atoms with van der Waals surface area (Å²) in [6.07, 6.45) is 19.0. The van der Waals surface area contributed by atoms with Crippen molar-refractivity contribution in [2.45, 2.75) is 96.8 Å². The van der Waals surface area contributed by atoms with Crippen molar-refractivity contribution in [3.05, 3.63) is 35.9 Å². The van der Waals surface area contributed by atoms with Gasteiger partial charge in [-0.3, -0.25) is 10.0 Å². The molecule has 0 saturated heterocycles. The average Bonchev–Trinajstić information content (AvgIpc) is 2.73. The normalized spacial score (nSPS) is 11.6. The first-order chi connectivity index (χ1) is 14.5. The molecule has 0 radical (unpaired) electrons. The Balaban J connectivity index is 2.00. The molecule has 1 amide bonds. The standard InChI is InChI=1S/C26H47N2O2/c1-4-5-6-7-8-9-10-11-12-13-14-15-16-20-23-28(2,3)24-27(30)26(29)25-21-18-17-19-22-25/h17-19,21-22,30H,4-16,20,23-24H2,1-3H3/q+1. The van der Waals surface area contributed by atoms with Gasteiger partial charge in [-0.2, -0.15) is 5.06 Å². The number of carbonyl (C=O) groups excluding carboxylic acids is 1. The summed E-state index contributed by atoms with van der Waals surface area (Å²) in [7, 11) is 4.15.